The number of hydrogen-bond acceptors (Lipinski definition) is 0. The predicted octanol–water partition coefficient (Wildman–Crippen LogP) is 7.13. The normalized spacial score (nSPS) is 12.0. The summed E-state index contributed by atoms with van der Waals surface area (Å²) in [7, 11) is -1.28. The van der Waals surface area contributed by atoms with Crippen molar-refractivity contribution < 1.29 is 0 Å². The largest absolute Gasteiger partial charge is 0.168 e. The number of rotatable bonds is 13. The molecule has 0 nitrogen and oxygen atoms in total. The molecule has 18 heavy (non-hydrogen) atoms. The van der Waals surface area contributed by atoms with E-state index in [0.29, 0.717) is 0 Å². The quantitative estimate of drug-likeness (QED) is 0.192. The van der Waals surface area contributed by atoms with Gasteiger partial charge in [0.25, 0.3) is 0 Å². The third-order valence-corrected chi connectivity index (χ3v) is 5.73. The van der Waals surface area contributed by atoms with Crippen molar-refractivity contribution >= 4 is 18.5 Å². The Morgan fingerprint density at radius 1 is 0.611 bits per heavy atom. The van der Waals surface area contributed by atoms with Crippen LogP contribution in [-0.4, -0.2) is 7.38 Å². The minimum absolute atomic E-state index is 1.28. The van der Waals surface area contributed by atoms with E-state index >= 15 is 0 Å². The molecule has 0 unspecified atom stereocenters. The van der Waals surface area contributed by atoms with Crippen molar-refractivity contribution in [3.63, 3.8) is 0 Å². The molecule has 0 saturated heterocycles. The van der Waals surface area contributed by atoms with E-state index in [9.17, 15) is 0 Å². The SMILES string of the molecule is CCCCCCCCCCCCCC[Si](C)(C)Cl. The Hall–Kier alpha value is 0.507. The van der Waals surface area contributed by atoms with Crippen LogP contribution in [0.3, 0.4) is 0 Å². The second-order valence-corrected chi connectivity index (χ2v) is 13.4. The minimum atomic E-state index is -1.28. The Kier molecular flexibility index (Phi) is 12.9. The Labute approximate surface area is 122 Å². The van der Waals surface area contributed by atoms with Gasteiger partial charge in [0.1, 0.15) is 7.38 Å². The molecule has 0 aromatic carbocycles. The fraction of sp³-hybridized carbons (Fsp3) is 1.00. The predicted molar refractivity (Wildman–Crippen MR) is 89.2 cm³/mol. The van der Waals surface area contributed by atoms with E-state index in [2.05, 4.69) is 20.0 Å². The first-order valence-corrected chi connectivity index (χ1v) is 12.5. The average Bonchev–Trinajstić information content (AvgIpc) is 2.29. The van der Waals surface area contributed by atoms with Crippen LogP contribution in [0, 0.1) is 0 Å². The summed E-state index contributed by atoms with van der Waals surface area (Å²) in [5, 5.41) is 0. The lowest BCUT2D eigenvalue weighted by Crippen LogP contribution is -2.14. The molecule has 0 amide bonds. The molecule has 0 bridgehead atoms. The second kappa shape index (κ2) is 12.5. The number of halogens is 1. The molecule has 0 saturated carbocycles. The molecule has 0 fully saturated rings. The van der Waals surface area contributed by atoms with Crippen molar-refractivity contribution in [3.8, 4) is 0 Å². The Morgan fingerprint density at radius 2 is 0.944 bits per heavy atom. The van der Waals surface area contributed by atoms with E-state index in [-0.39, 0.29) is 0 Å². The Morgan fingerprint density at radius 3 is 1.28 bits per heavy atom. The molecule has 0 spiro atoms. The van der Waals surface area contributed by atoms with Gasteiger partial charge in [0.15, 0.2) is 0 Å². The van der Waals surface area contributed by atoms with Crippen molar-refractivity contribution in [3.05, 3.63) is 0 Å². The summed E-state index contributed by atoms with van der Waals surface area (Å²) in [5.74, 6) is 0. The third-order valence-electron chi connectivity index (χ3n) is 3.62. The Balaban J connectivity index is 2.99. The average molecular weight is 291 g/mol. The Bertz CT molecular complexity index is 163. The van der Waals surface area contributed by atoms with Crippen LogP contribution in [0.15, 0.2) is 0 Å². The third kappa shape index (κ3) is 16.5. The van der Waals surface area contributed by atoms with Gasteiger partial charge in [0, 0.05) is 0 Å². The van der Waals surface area contributed by atoms with Crippen LogP contribution in [-0.2, 0) is 0 Å². The van der Waals surface area contributed by atoms with Crippen molar-refractivity contribution in [2.24, 2.45) is 0 Å². The van der Waals surface area contributed by atoms with Crippen LogP contribution in [0.5, 0.6) is 0 Å². The maximum absolute atomic E-state index is 6.31. The van der Waals surface area contributed by atoms with Crippen LogP contribution >= 0.6 is 11.1 Å². The molecule has 110 valence electrons. The van der Waals surface area contributed by atoms with Gasteiger partial charge in [-0.25, -0.2) is 0 Å². The summed E-state index contributed by atoms with van der Waals surface area (Å²) in [6, 6.07) is 1.30. The molecule has 0 N–H and O–H groups in total. The van der Waals surface area contributed by atoms with Gasteiger partial charge in [0.2, 0.25) is 0 Å². The van der Waals surface area contributed by atoms with Gasteiger partial charge >= 0.3 is 0 Å². The van der Waals surface area contributed by atoms with Gasteiger partial charge in [-0.2, -0.15) is 11.1 Å². The van der Waals surface area contributed by atoms with Gasteiger partial charge in [0.05, 0.1) is 0 Å². The zero-order valence-electron chi connectivity index (χ0n) is 13.1. The molecule has 0 aliphatic heterocycles. The van der Waals surface area contributed by atoms with Crippen LogP contribution < -0.4 is 0 Å². The molecule has 0 aromatic rings. The summed E-state index contributed by atoms with van der Waals surface area (Å²) in [5.41, 5.74) is 0. The minimum Gasteiger partial charge on any atom is -0.168 e. The molecule has 0 aliphatic carbocycles. The first-order valence-electron chi connectivity index (χ1n) is 8.25. The van der Waals surface area contributed by atoms with Crippen LogP contribution in [0.2, 0.25) is 19.1 Å². The summed E-state index contributed by atoms with van der Waals surface area (Å²) < 4.78 is 0. The highest BCUT2D eigenvalue weighted by Crippen LogP contribution is 2.19. The van der Waals surface area contributed by atoms with Gasteiger partial charge in [-0.3, -0.25) is 0 Å². The van der Waals surface area contributed by atoms with E-state index in [1.54, 1.807) is 0 Å². The first kappa shape index (κ1) is 18.5. The van der Waals surface area contributed by atoms with E-state index in [1.807, 2.05) is 0 Å². The lowest BCUT2D eigenvalue weighted by molar-refractivity contribution is 0.547. The van der Waals surface area contributed by atoms with Gasteiger partial charge in [-0.05, 0) is 6.04 Å². The van der Waals surface area contributed by atoms with Crippen LogP contribution in [0.1, 0.15) is 84.0 Å². The topological polar surface area (TPSA) is 0 Å². The summed E-state index contributed by atoms with van der Waals surface area (Å²) in [6.07, 6.45) is 17.2. The van der Waals surface area contributed by atoms with E-state index in [1.165, 1.54) is 83.1 Å². The number of hydrogen-bond donors (Lipinski definition) is 0. The molecule has 2 heteroatoms. The first-order chi connectivity index (χ1) is 8.56. The fourth-order valence-electron chi connectivity index (χ4n) is 2.39. The highest BCUT2D eigenvalue weighted by Gasteiger charge is 2.15. The van der Waals surface area contributed by atoms with Crippen molar-refractivity contribution in [2.45, 2.75) is 103 Å². The molecule has 0 atom stereocenters. The molecule has 0 heterocycles. The standard InChI is InChI=1S/C16H35ClSi/c1-4-5-6-7-8-9-10-11-12-13-14-15-16-18(2,3)17/h4-16H2,1-3H3. The van der Waals surface area contributed by atoms with Crippen LogP contribution in [0.25, 0.3) is 0 Å². The molecule has 0 radical (unpaired) electrons. The lowest BCUT2D eigenvalue weighted by atomic mass is 10.1. The van der Waals surface area contributed by atoms with Crippen molar-refractivity contribution in [2.75, 3.05) is 0 Å². The van der Waals surface area contributed by atoms with Crippen molar-refractivity contribution in [1.82, 2.24) is 0 Å². The maximum Gasteiger partial charge on any atom is 0.150 e. The van der Waals surface area contributed by atoms with E-state index in [4.69, 9.17) is 11.1 Å². The summed E-state index contributed by atoms with van der Waals surface area (Å²) >= 11 is 6.31. The summed E-state index contributed by atoms with van der Waals surface area (Å²) in [4.78, 5) is 0. The number of unbranched alkanes of at least 4 members (excludes halogenated alkanes) is 11. The van der Waals surface area contributed by atoms with Crippen molar-refractivity contribution in [1.29, 1.82) is 0 Å². The van der Waals surface area contributed by atoms with E-state index in [0.717, 1.165) is 0 Å². The maximum atomic E-state index is 6.31. The molecule has 0 rings (SSSR count). The smallest absolute Gasteiger partial charge is 0.150 e. The van der Waals surface area contributed by atoms with Gasteiger partial charge in [-0.15, -0.1) is 0 Å². The second-order valence-electron chi connectivity index (χ2n) is 6.36. The van der Waals surface area contributed by atoms with Crippen LogP contribution in [0.4, 0.5) is 0 Å². The monoisotopic (exact) mass is 290 g/mol. The zero-order chi connectivity index (χ0) is 13.7. The summed E-state index contributed by atoms with van der Waals surface area (Å²) in [6.45, 7) is 6.80. The molecular formula is C16H35ClSi. The lowest BCUT2D eigenvalue weighted by Gasteiger charge is -2.11. The van der Waals surface area contributed by atoms with Gasteiger partial charge < -0.3 is 0 Å². The van der Waals surface area contributed by atoms with E-state index < -0.39 is 7.38 Å². The molecule has 0 aromatic heterocycles. The highest BCUT2D eigenvalue weighted by atomic mass is 35.6. The zero-order valence-corrected chi connectivity index (χ0v) is 14.8. The van der Waals surface area contributed by atoms with Gasteiger partial charge in [-0.1, -0.05) is 97.1 Å². The molecule has 0 aliphatic rings. The highest BCUT2D eigenvalue weighted by molar-refractivity contribution is 7.19. The fourth-order valence-corrected chi connectivity index (χ4v) is 3.88. The molecular weight excluding hydrogens is 256 g/mol.